The van der Waals surface area contributed by atoms with Gasteiger partial charge >= 0.3 is 0 Å². The second-order valence-corrected chi connectivity index (χ2v) is 11.8. The molecule has 0 atom stereocenters. The average Bonchev–Trinajstić information content (AvgIpc) is 3.07. The van der Waals surface area contributed by atoms with Gasteiger partial charge in [-0.1, -0.05) is 6.07 Å². The van der Waals surface area contributed by atoms with Gasteiger partial charge in [0.25, 0.3) is 10.0 Å². The van der Waals surface area contributed by atoms with Crippen molar-refractivity contribution in [3.63, 3.8) is 0 Å². The molecule has 1 aliphatic heterocycles. The standard InChI is InChI=1S/C19H27N5O5S2/c1-14-20-18(13-23(14)4)31(28,29)24-10-8-15(9-11-24)19(25)21-16-6-5-7-17(12-16)30(26,27)22(2)3/h5-7,12-13,15H,8-11H2,1-4H3,(H,21,25). The van der Waals surface area contributed by atoms with E-state index >= 15 is 0 Å². The fourth-order valence-electron chi connectivity index (χ4n) is 3.33. The minimum atomic E-state index is -3.70. The summed E-state index contributed by atoms with van der Waals surface area (Å²) in [6, 6.07) is 6.06. The number of amides is 1. The van der Waals surface area contributed by atoms with Crippen LogP contribution >= 0.6 is 0 Å². The first-order valence-electron chi connectivity index (χ1n) is 9.76. The van der Waals surface area contributed by atoms with Crippen molar-refractivity contribution >= 4 is 31.6 Å². The molecule has 3 rings (SSSR count). The van der Waals surface area contributed by atoms with Crippen molar-refractivity contribution in [1.29, 1.82) is 0 Å². The molecule has 10 nitrogen and oxygen atoms in total. The SMILES string of the molecule is Cc1nc(S(=O)(=O)N2CCC(C(=O)Nc3cccc(S(=O)(=O)N(C)C)c3)CC2)cn1C. The van der Waals surface area contributed by atoms with Crippen molar-refractivity contribution in [2.45, 2.75) is 29.7 Å². The van der Waals surface area contributed by atoms with Crippen LogP contribution in [0, 0.1) is 12.8 Å². The van der Waals surface area contributed by atoms with Crippen LogP contribution in [0.3, 0.4) is 0 Å². The number of imidazole rings is 1. The van der Waals surface area contributed by atoms with Crippen molar-refractivity contribution < 1.29 is 21.6 Å². The monoisotopic (exact) mass is 469 g/mol. The highest BCUT2D eigenvalue weighted by molar-refractivity contribution is 7.89. The molecular weight excluding hydrogens is 442 g/mol. The first-order chi connectivity index (χ1) is 14.4. The molecule has 0 spiro atoms. The lowest BCUT2D eigenvalue weighted by Crippen LogP contribution is -2.41. The average molecular weight is 470 g/mol. The molecule has 2 heterocycles. The summed E-state index contributed by atoms with van der Waals surface area (Å²) < 4.78 is 54.3. The largest absolute Gasteiger partial charge is 0.337 e. The van der Waals surface area contributed by atoms with Crippen LogP contribution in [0.1, 0.15) is 18.7 Å². The summed E-state index contributed by atoms with van der Waals surface area (Å²) in [7, 11) is -2.70. The Hall–Kier alpha value is -2.28. The third-order valence-corrected chi connectivity index (χ3v) is 8.98. The predicted octanol–water partition coefficient (Wildman–Crippen LogP) is 1.02. The predicted molar refractivity (Wildman–Crippen MR) is 115 cm³/mol. The Morgan fingerprint density at radius 1 is 1.16 bits per heavy atom. The normalized spacial score (nSPS) is 16.5. The number of piperidine rings is 1. The molecule has 1 saturated heterocycles. The fourth-order valence-corrected chi connectivity index (χ4v) is 5.77. The zero-order valence-electron chi connectivity index (χ0n) is 17.9. The number of aromatic nitrogens is 2. The van der Waals surface area contributed by atoms with Crippen molar-refractivity contribution in [1.82, 2.24) is 18.2 Å². The lowest BCUT2D eigenvalue weighted by Gasteiger charge is -2.30. The Morgan fingerprint density at radius 3 is 2.35 bits per heavy atom. The number of anilines is 1. The van der Waals surface area contributed by atoms with Crippen LogP contribution < -0.4 is 5.32 Å². The van der Waals surface area contributed by atoms with Gasteiger partial charge in [-0.25, -0.2) is 26.1 Å². The zero-order chi connectivity index (χ0) is 23.0. The Labute approximate surface area is 183 Å². The van der Waals surface area contributed by atoms with Gasteiger partial charge in [-0.2, -0.15) is 4.31 Å². The summed E-state index contributed by atoms with van der Waals surface area (Å²) in [5, 5.41) is 2.76. The summed E-state index contributed by atoms with van der Waals surface area (Å²) in [4.78, 5) is 16.9. The van der Waals surface area contributed by atoms with Gasteiger partial charge < -0.3 is 9.88 Å². The van der Waals surface area contributed by atoms with Gasteiger partial charge in [0, 0.05) is 52.0 Å². The molecule has 0 radical (unpaired) electrons. The molecule has 1 N–H and O–H groups in total. The molecule has 0 unspecified atom stereocenters. The lowest BCUT2D eigenvalue weighted by atomic mass is 9.97. The molecule has 2 aromatic rings. The summed E-state index contributed by atoms with van der Waals surface area (Å²) >= 11 is 0. The number of hydrogen-bond donors (Lipinski definition) is 1. The van der Waals surface area contributed by atoms with E-state index in [1.165, 1.54) is 36.7 Å². The van der Waals surface area contributed by atoms with Crippen molar-refractivity contribution in [3.8, 4) is 0 Å². The molecule has 1 fully saturated rings. The molecule has 0 saturated carbocycles. The minimum absolute atomic E-state index is 0.00863. The van der Waals surface area contributed by atoms with Crippen LogP contribution in [0.25, 0.3) is 0 Å². The minimum Gasteiger partial charge on any atom is -0.337 e. The van der Waals surface area contributed by atoms with Gasteiger partial charge in [0.2, 0.25) is 15.9 Å². The Morgan fingerprint density at radius 2 is 1.81 bits per heavy atom. The van der Waals surface area contributed by atoms with Crippen LogP contribution in [0.5, 0.6) is 0 Å². The lowest BCUT2D eigenvalue weighted by molar-refractivity contribution is -0.120. The van der Waals surface area contributed by atoms with E-state index in [9.17, 15) is 21.6 Å². The third-order valence-electron chi connectivity index (χ3n) is 5.40. The molecule has 0 bridgehead atoms. The second-order valence-electron chi connectivity index (χ2n) is 7.72. The summed E-state index contributed by atoms with van der Waals surface area (Å²) in [5.74, 6) is -0.0255. The summed E-state index contributed by atoms with van der Waals surface area (Å²) in [6.07, 6.45) is 2.22. The molecule has 1 amide bonds. The summed E-state index contributed by atoms with van der Waals surface area (Å²) in [5.41, 5.74) is 0.381. The zero-order valence-corrected chi connectivity index (χ0v) is 19.6. The molecule has 0 aliphatic carbocycles. The van der Waals surface area contributed by atoms with E-state index in [-0.39, 0.29) is 34.8 Å². The molecule has 1 aromatic heterocycles. The molecule has 12 heteroatoms. The van der Waals surface area contributed by atoms with E-state index in [2.05, 4.69) is 10.3 Å². The second kappa shape index (κ2) is 8.69. The number of nitrogens with one attached hydrogen (secondary N) is 1. The van der Waals surface area contributed by atoms with Gasteiger partial charge in [0.05, 0.1) is 4.90 Å². The van der Waals surface area contributed by atoms with E-state index in [1.54, 1.807) is 30.7 Å². The molecule has 31 heavy (non-hydrogen) atoms. The maximum absolute atomic E-state index is 12.8. The maximum atomic E-state index is 12.8. The fraction of sp³-hybridized carbons (Fsp3) is 0.474. The van der Waals surface area contributed by atoms with E-state index in [0.717, 1.165) is 4.31 Å². The number of nitrogens with zero attached hydrogens (tertiary/aromatic N) is 4. The highest BCUT2D eigenvalue weighted by Gasteiger charge is 2.33. The smallest absolute Gasteiger partial charge is 0.262 e. The Balaban J connectivity index is 1.65. The van der Waals surface area contributed by atoms with E-state index in [0.29, 0.717) is 24.4 Å². The van der Waals surface area contributed by atoms with Crippen molar-refractivity contribution in [2.24, 2.45) is 13.0 Å². The highest BCUT2D eigenvalue weighted by Crippen LogP contribution is 2.25. The molecule has 170 valence electrons. The first-order valence-corrected chi connectivity index (χ1v) is 12.6. The Kier molecular flexibility index (Phi) is 6.56. The van der Waals surface area contributed by atoms with E-state index in [1.807, 2.05) is 0 Å². The topological polar surface area (TPSA) is 122 Å². The van der Waals surface area contributed by atoms with Crippen LogP contribution in [0.15, 0.2) is 40.4 Å². The number of aryl methyl sites for hydroxylation is 2. The number of rotatable bonds is 6. The summed E-state index contributed by atoms with van der Waals surface area (Å²) in [6.45, 7) is 2.16. The van der Waals surface area contributed by atoms with Crippen LogP contribution in [0.4, 0.5) is 5.69 Å². The third kappa shape index (κ3) is 4.81. The van der Waals surface area contributed by atoms with E-state index in [4.69, 9.17) is 0 Å². The quantitative estimate of drug-likeness (QED) is 0.674. The highest BCUT2D eigenvalue weighted by atomic mass is 32.2. The van der Waals surface area contributed by atoms with Gasteiger partial charge in [0.15, 0.2) is 5.03 Å². The molecule has 1 aliphatic rings. The van der Waals surface area contributed by atoms with Gasteiger partial charge in [-0.05, 0) is 38.0 Å². The first kappa shape index (κ1) is 23.4. The number of benzene rings is 1. The number of sulfonamides is 2. The number of hydrogen-bond acceptors (Lipinski definition) is 6. The number of carbonyl (C=O) groups is 1. The van der Waals surface area contributed by atoms with E-state index < -0.39 is 20.0 Å². The maximum Gasteiger partial charge on any atom is 0.262 e. The number of carbonyl (C=O) groups excluding carboxylic acids is 1. The van der Waals surface area contributed by atoms with Gasteiger partial charge in [-0.3, -0.25) is 4.79 Å². The van der Waals surface area contributed by atoms with Gasteiger partial charge in [-0.15, -0.1) is 0 Å². The van der Waals surface area contributed by atoms with Crippen LogP contribution in [0.2, 0.25) is 0 Å². The van der Waals surface area contributed by atoms with Crippen LogP contribution in [-0.2, 0) is 31.9 Å². The van der Waals surface area contributed by atoms with Gasteiger partial charge in [0.1, 0.15) is 5.82 Å². The Bertz CT molecular complexity index is 1160. The molecule has 1 aromatic carbocycles. The van der Waals surface area contributed by atoms with Crippen molar-refractivity contribution in [3.05, 3.63) is 36.3 Å². The van der Waals surface area contributed by atoms with Crippen LogP contribution in [-0.4, -0.2) is 68.1 Å². The van der Waals surface area contributed by atoms with Crippen molar-refractivity contribution in [2.75, 3.05) is 32.5 Å². The molecular formula is C19H27N5O5S2.